The highest BCUT2D eigenvalue weighted by Crippen LogP contribution is 2.18. The highest BCUT2D eigenvalue weighted by molar-refractivity contribution is 5.76. The van der Waals surface area contributed by atoms with Crippen LogP contribution in [0.4, 0.5) is 0 Å². The minimum atomic E-state index is 0.139. The molecule has 4 heteroatoms. The first-order valence-electron chi connectivity index (χ1n) is 6.64. The molecular formula is C15H19N3O. The molecule has 1 aliphatic rings. The molecule has 0 radical (unpaired) electrons. The lowest BCUT2D eigenvalue weighted by Crippen LogP contribution is -2.29. The van der Waals surface area contributed by atoms with Gasteiger partial charge in [0.2, 0.25) is 5.91 Å². The average Bonchev–Trinajstić information content (AvgIpc) is 3.20. The van der Waals surface area contributed by atoms with Crippen LogP contribution in [0.3, 0.4) is 0 Å². The number of hydrogen-bond donors (Lipinski definition) is 1. The van der Waals surface area contributed by atoms with E-state index in [-0.39, 0.29) is 5.91 Å². The zero-order valence-corrected chi connectivity index (χ0v) is 11.2. The first-order valence-corrected chi connectivity index (χ1v) is 6.64. The van der Waals surface area contributed by atoms with Crippen molar-refractivity contribution in [2.24, 2.45) is 0 Å². The largest absolute Gasteiger partial charge is 0.353 e. The van der Waals surface area contributed by atoms with Gasteiger partial charge in [-0.2, -0.15) is 5.26 Å². The quantitative estimate of drug-likeness (QED) is 0.843. The second-order valence-electron chi connectivity index (χ2n) is 5.14. The van der Waals surface area contributed by atoms with Crippen LogP contribution in [0.5, 0.6) is 0 Å². The highest BCUT2D eigenvalue weighted by atomic mass is 16.1. The molecule has 0 unspecified atom stereocenters. The molecule has 4 nitrogen and oxygen atoms in total. The Morgan fingerprint density at radius 1 is 1.53 bits per heavy atom. The Morgan fingerprint density at radius 3 is 3.00 bits per heavy atom. The predicted molar refractivity (Wildman–Crippen MR) is 73.3 cm³/mol. The normalized spacial score (nSPS) is 14.2. The van der Waals surface area contributed by atoms with Crippen molar-refractivity contribution in [3.05, 3.63) is 35.4 Å². The number of rotatable bonds is 6. The van der Waals surface area contributed by atoms with E-state index in [2.05, 4.69) is 16.3 Å². The van der Waals surface area contributed by atoms with E-state index in [9.17, 15) is 4.79 Å². The number of nitrogens with zero attached hydrogens (tertiary/aromatic N) is 2. The molecule has 1 aliphatic carbocycles. The van der Waals surface area contributed by atoms with Crippen LogP contribution in [0.15, 0.2) is 24.3 Å². The maximum absolute atomic E-state index is 11.6. The van der Waals surface area contributed by atoms with Crippen LogP contribution in [-0.2, 0) is 11.3 Å². The minimum absolute atomic E-state index is 0.139. The molecule has 0 bridgehead atoms. The molecule has 100 valence electrons. The standard InChI is InChI=1S/C15H19N3O/c1-18(8-7-15(19)17-14-5-6-14)11-13-4-2-3-12(9-13)10-16/h2-4,9,14H,5-8,11H2,1H3,(H,17,19). The Balaban J connectivity index is 1.75. The van der Waals surface area contributed by atoms with Crippen molar-refractivity contribution in [2.75, 3.05) is 13.6 Å². The maximum atomic E-state index is 11.6. The van der Waals surface area contributed by atoms with Crippen molar-refractivity contribution in [2.45, 2.75) is 31.8 Å². The Bertz CT molecular complexity index is 488. The number of carbonyl (C=O) groups excluding carboxylic acids is 1. The van der Waals surface area contributed by atoms with Gasteiger partial charge in [0.25, 0.3) is 0 Å². The third kappa shape index (κ3) is 4.72. The van der Waals surface area contributed by atoms with Crippen LogP contribution in [0, 0.1) is 11.3 Å². The molecule has 0 saturated heterocycles. The number of nitriles is 1. The monoisotopic (exact) mass is 257 g/mol. The summed E-state index contributed by atoms with van der Waals surface area (Å²) in [5.74, 6) is 0.139. The molecule has 1 aromatic rings. The average molecular weight is 257 g/mol. The molecule has 2 rings (SSSR count). The zero-order valence-electron chi connectivity index (χ0n) is 11.2. The van der Waals surface area contributed by atoms with Gasteiger partial charge < -0.3 is 10.2 Å². The lowest BCUT2D eigenvalue weighted by Gasteiger charge is -2.16. The molecule has 0 spiro atoms. The van der Waals surface area contributed by atoms with Crippen LogP contribution in [0.25, 0.3) is 0 Å². The van der Waals surface area contributed by atoms with Gasteiger partial charge >= 0.3 is 0 Å². The summed E-state index contributed by atoms with van der Waals surface area (Å²) in [7, 11) is 1.99. The Labute approximate surface area is 114 Å². The van der Waals surface area contributed by atoms with Crippen LogP contribution in [0.1, 0.15) is 30.4 Å². The first kappa shape index (κ1) is 13.6. The molecule has 0 aromatic heterocycles. The van der Waals surface area contributed by atoms with Gasteiger partial charge in [-0.3, -0.25) is 4.79 Å². The van der Waals surface area contributed by atoms with E-state index in [4.69, 9.17) is 5.26 Å². The van der Waals surface area contributed by atoms with Crippen LogP contribution < -0.4 is 5.32 Å². The fourth-order valence-corrected chi connectivity index (χ4v) is 1.95. The van der Waals surface area contributed by atoms with Crippen molar-refractivity contribution in [1.29, 1.82) is 5.26 Å². The highest BCUT2D eigenvalue weighted by Gasteiger charge is 2.22. The molecule has 1 saturated carbocycles. The molecule has 1 fully saturated rings. The number of amides is 1. The summed E-state index contributed by atoms with van der Waals surface area (Å²) >= 11 is 0. The van der Waals surface area contributed by atoms with Crippen LogP contribution >= 0.6 is 0 Å². The first-order chi connectivity index (χ1) is 9.17. The zero-order chi connectivity index (χ0) is 13.7. The fourth-order valence-electron chi connectivity index (χ4n) is 1.95. The van der Waals surface area contributed by atoms with E-state index in [0.717, 1.165) is 31.5 Å². The van der Waals surface area contributed by atoms with E-state index in [1.807, 2.05) is 25.2 Å². The van der Waals surface area contributed by atoms with Gasteiger partial charge in [-0.1, -0.05) is 12.1 Å². The summed E-state index contributed by atoms with van der Waals surface area (Å²) in [6.07, 6.45) is 2.79. The van der Waals surface area contributed by atoms with Gasteiger partial charge in [0, 0.05) is 25.6 Å². The van der Waals surface area contributed by atoms with E-state index < -0.39 is 0 Å². The third-order valence-corrected chi connectivity index (χ3v) is 3.17. The van der Waals surface area contributed by atoms with Crippen molar-refractivity contribution >= 4 is 5.91 Å². The summed E-state index contributed by atoms with van der Waals surface area (Å²) in [4.78, 5) is 13.7. The molecular weight excluding hydrogens is 238 g/mol. The molecule has 19 heavy (non-hydrogen) atoms. The number of carbonyl (C=O) groups is 1. The van der Waals surface area contributed by atoms with Gasteiger partial charge in [-0.05, 0) is 37.6 Å². The van der Waals surface area contributed by atoms with Crippen molar-refractivity contribution in [1.82, 2.24) is 10.2 Å². The summed E-state index contributed by atoms with van der Waals surface area (Å²) < 4.78 is 0. The van der Waals surface area contributed by atoms with Gasteiger partial charge in [0.15, 0.2) is 0 Å². The lowest BCUT2D eigenvalue weighted by atomic mass is 10.1. The Morgan fingerprint density at radius 2 is 2.32 bits per heavy atom. The maximum Gasteiger partial charge on any atom is 0.221 e. The topological polar surface area (TPSA) is 56.1 Å². The van der Waals surface area contributed by atoms with Gasteiger partial charge in [-0.25, -0.2) is 0 Å². The second kappa shape index (κ2) is 6.35. The third-order valence-electron chi connectivity index (χ3n) is 3.17. The predicted octanol–water partition coefficient (Wildman–Crippen LogP) is 1.66. The van der Waals surface area contributed by atoms with Gasteiger partial charge in [-0.15, -0.1) is 0 Å². The summed E-state index contributed by atoms with van der Waals surface area (Å²) in [5.41, 5.74) is 1.78. The van der Waals surface area contributed by atoms with Crippen LogP contribution in [0.2, 0.25) is 0 Å². The van der Waals surface area contributed by atoms with Crippen LogP contribution in [-0.4, -0.2) is 30.4 Å². The van der Waals surface area contributed by atoms with Gasteiger partial charge in [0.05, 0.1) is 11.6 Å². The molecule has 1 amide bonds. The smallest absolute Gasteiger partial charge is 0.221 e. The summed E-state index contributed by atoms with van der Waals surface area (Å²) in [6, 6.07) is 10.2. The minimum Gasteiger partial charge on any atom is -0.353 e. The van der Waals surface area contributed by atoms with Gasteiger partial charge in [0.1, 0.15) is 0 Å². The van der Waals surface area contributed by atoms with E-state index in [1.165, 1.54) is 0 Å². The molecule has 0 heterocycles. The Kier molecular flexibility index (Phi) is 4.53. The second-order valence-corrected chi connectivity index (χ2v) is 5.14. The van der Waals surface area contributed by atoms with E-state index in [0.29, 0.717) is 18.0 Å². The molecule has 0 aliphatic heterocycles. The summed E-state index contributed by atoms with van der Waals surface area (Å²) in [5, 5.41) is 11.8. The lowest BCUT2D eigenvalue weighted by molar-refractivity contribution is -0.121. The van der Waals surface area contributed by atoms with E-state index in [1.54, 1.807) is 6.07 Å². The number of hydrogen-bond acceptors (Lipinski definition) is 3. The van der Waals surface area contributed by atoms with E-state index >= 15 is 0 Å². The number of benzene rings is 1. The molecule has 0 atom stereocenters. The van der Waals surface area contributed by atoms with Crippen molar-refractivity contribution in [3.8, 4) is 6.07 Å². The number of nitrogens with one attached hydrogen (secondary N) is 1. The summed E-state index contributed by atoms with van der Waals surface area (Å²) in [6.45, 7) is 1.49. The SMILES string of the molecule is CN(CCC(=O)NC1CC1)Cc1cccc(C#N)c1. The molecule has 1 N–H and O–H groups in total. The molecule has 1 aromatic carbocycles. The fraction of sp³-hybridized carbons (Fsp3) is 0.467. The van der Waals surface area contributed by atoms with Crippen molar-refractivity contribution in [3.63, 3.8) is 0 Å². The van der Waals surface area contributed by atoms with Crippen molar-refractivity contribution < 1.29 is 4.79 Å². The Hall–Kier alpha value is -1.86.